The number of nitriles is 1. The van der Waals surface area contributed by atoms with Crippen molar-refractivity contribution in [1.82, 2.24) is 9.62 Å². The van der Waals surface area contributed by atoms with Crippen LogP contribution in [0.15, 0.2) is 23.1 Å². The summed E-state index contributed by atoms with van der Waals surface area (Å²) >= 11 is 0. The van der Waals surface area contributed by atoms with Gasteiger partial charge in [-0.05, 0) is 36.5 Å². The standard InChI is InChI=1S/C18H28N4O3S/c1-18(2,3)8-9-20-14-5-6-16(25-4)17(11-14)26(23,24)21-15-7-10-22(12-15)13-19/h5-6,11,15,20-21H,7-10,12H2,1-4H3/t15-/m1/s1. The van der Waals surface area contributed by atoms with Gasteiger partial charge in [0, 0.05) is 31.4 Å². The van der Waals surface area contributed by atoms with Gasteiger partial charge in [0.1, 0.15) is 10.6 Å². The molecule has 1 fully saturated rings. The van der Waals surface area contributed by atoms with E-state index in [1.807, 2.05) is 6.07 Å². The van der Waals surface area contributed by atoms with Crippen LogP contribution in [0.4, 0.5) is 5.69 Å². The molecule has 144 valence electrons. The molecule has 1 aromatic rings. The lowest BCUT2D eigenvalue weighted by Crippen LogP contribution is -2.36. The van der Waals surface area contributed by atoms with Crippen LogP contribution < -0.4 is 14.8 Å². The molecule has 0 aliphatic carbocycles. The third-order valence-electron chi connectivity index (χ3n) is 4.31. The van der Waals surface area contributed by atoms with Crippen molar-refractivity contribution < 1.29 is 13.2 Å². The largest absolute Gasteiger partial charge is 0.495 e. The Morgan fingerprint density at radius 2 is 2.12 bits per heavy atom. The lowest BCUT2D eigenvalue weighted by molar-refractivity contribution is 0.389. The molecule has 1 aliphatic rings. The first-order valence-electron chi connectivity index (χ1n) is 8.73. The summed E-state index contributed by atoms with van der Waals surface area (Å²) in [7, 11) is -2.29. The van der Waals surface area contributed by atoms with Crippen LogP contribution in [0, 0.1) is 16.9 Å². The van der Waals surface area contributed by atoms with Crippen molar-refractivity contribution in [3.8, 4) is 11.9 Å². The van der Waals surface area contributed by atoms with E-state index in [1.54, 1.807) is 17.0 Å². The van der Waals surface area contributed by atoms with Crippen LogP contribution in [0.3, 0.4) is 0 Å². The van der Waals surface area contributed by atoms with E-state index in [-0.39, 0.29) is 16.4 Å². The van der Waals surface area contributed by atoms with Crippen molar-refractivity contribution in [3.05, 3.63) is 18.2 Å². The zero-order valence-corrected chi connectivity index (χ0v) is 16.7. The van der Waals surface area contributed by atoms with Gasteiger partial charge in [0.15, 0.2) is 6.19 Å². The van der Waals surface area contributed by atoms with Crippen molar-refractivity contribution in [2.75, 3.05) is 32.1 Å². The molecule has 0 amide bonds. The van der Waals surface area contributed by atoms with Crippen molar-refractivity contribution in [1.29, 1.82) is 5.26 Å². The van der Waals surface area contributed by atoms with E-state index in [0.29, 0.717) is 25.3 Å². The second-order valence-corrected chi connectivity index (χ2v) is 9.44. The first-order valence-corrected chi connectivity index (χ1v) is 10.2. The highest BCUT2D eigenvalue weighted by molar-refractivity contribution is 7.89. The molecule has 2 rings (SSSR count). The molecule has 1 atom stereocenters. The Morgan fingerprint density at radius 3 is 2.69 bits per heavy atom. The summed E-state index contributed by atoms with van der Waals surface area (Å²) in [6.45, 7) is 8.19. The fraction of sp³-hybridized carbons (Fsp3) is 0.611. The van der Waals surface area contributed by atoms with Crippen LogP contribution in [0.1, 0.15) is 33.6 Å². The number of sulfonamides is 1. The maximum absolute atomic E-state index is 12.8. The number of anilines is 1. The zero-order chi connectivity index (χ0) is 19.4. The molecule has 1 aromatic carbocycles. The maximum Gasteiger partial charge on any atom is 0.244 e. The highest BCUT2D eigenvalue weighted by Gasteiger charge is 2.28. The zero-order valence-electron chi connectivity index (χ0n) is 15.9. The van der Waals surface area contributed by atoms with Gasteiger partial charge in [0.25, 0.3) is 0 Å². The molecule has 8 heteroatoms. The molecule has 1 aliphatic heterocycles. The number of methoxy groups -OCH3 is 1. The van der Waals surface area contributed by atoms with Crippen molar-refractivity contribution in [2.45, 2.75) is 44.6 Å². The van der Waals surface area contributed by atoms with Gasteiger partial charge in [0.2, 0.25) is 10.0 Å². The van der Waals surface area contributed by atoms with E-state index >= 15 is 0 Å². The lowest BCUT2D eigenvalue weighted by atomic mass is 9.92. The number of benzene rings is 1. The number of hydrogen-bond donors (Lipinski definition) is 2. The van der Waals surface area contributed by atoms with Crippen LogP contribution in [0.25, 0.3) is 0 Å². The number of likely N-dealkylation sites (tertiary alicyclic amines) is 1. The normalized spacial score (nSPS) is 17.8. The minimum Gasteiger partial charge on any atom is -0.495 e. The molecule has 0 spiro atoms. The third-order valence-corrected chi connectivity index (χ3v) is 5.85. The Morgan fingerprint density at radius 1 is 1.38 bits per heavy atom. The third kappa shape index (κ3) is 5.51. The average Bonchev–Trinajstić information content (AvgIpc) is 3.00. The van der Waals surface area contributed by atoms with E-state index in [1.165, 1.54) is 7.11 Å². The van der Waals surface area contributed by atoms with Gasteiger partial charge in [-0.2, -0.15) is 5.26 Å². The summed E-state index contributed by atoms with van der Waals surface area (Å²) in [5.41, 5.74) is 0.936. The molecule has 0 unspecified atom stereocenters. The summed E-state index contributed by atoms with van der Waals surface area (Å²) in [5, 5.41) is 12.2. The molecule has 26 heavy (non-hydrogen) atoms. The number of nitrogens with zero attached hydrogens (tertiary/aromatic N) is 2. The van der Waals surface area contributed by atoms with Crippen LogP contribution in [0.5, 0.6) is 5.75 Å². The van der Waals surface area contributed by atoms with E-state index < -0.39 is 10.0 Å². The molecule has 1 saturated heterocycles. The van der Waals surface area contributed by atoms with Gasteiger partial charge in [-0.1, -0.05) is 20.8 Å². The first-order chi connectivity index (χ1) is 12.1. The van der Waals surface area contributed by atoms with Gasteiger partial charge in [0.05, 0.1) is 7.11 Å². The van der Waals surface area contributed by atoms with Crippen LogP contribution in [-0.4, -0.2) is 46.1 Å². The summed E-state index contributed by atoms with van der Waals surface area (Å²) in [6, 6.07) is 4.79. The maximum atomic E-state index is 12.8. The molecule has 1 heterocycles. The minimum atomic E-state index is -3.75. The SMILES string of the molecule is COc1ccc(NCCC(C)(C)C)cc1S(=O)(=O)N[C@@H]1CCN(C#N)C1. The van der Waals surface area contributed by atoms with E-state index in [9.17, 15) is 8.42 Å². The quantitative estimate of drug-likeness (QED) is 0.705. The van der Waals surface area contributed by atoms with Crippen LogP contribution in [-0.2, 0) is 10.0 Å². The molecule has 7 nitrogen and oxygen atoms in total. The number of nitrogens with one attached hydrogen (secondary N) is 2. The molecule has 2 N–H and O–H groups in total. The van der Waals surface area contributed by atoms with Gasteiger partial charge in [-0.15, -0.1) is 0 Å². The van der Waals surface area contributed by atoms with Gasteiger partial charge < -0.3 is 15.0 Å². The van der Waals surface area contributed by atoms with E-state index in [2.05, 4.69) is 37.0 Å². The summed E-state index contributed by atoms with van der Waals surface area (Å²) < 4.78 is 33.6. The number of ether oxygens (including phenoxy) is 1. The number of hydrogen-bond acceptors (Lipinski definition) is 6. The summed E-state index contributed by atoms with van der Waals surface area (Å²) in [4.78, 5) is 1.66. The fourth-order valence-electron chi connectivity index (χ4n) is 2.81. The average molecular weight is 381 g/mol. The summed E-state index contributed by atoms with van der Waals surface area (Å²) in [5.74, 6) is 0.300. The summed E-state index contributed by atoms with van der Waals surface area (Å²) in [6.07, 6.45) is 3.62. The topological polar surface area (TPSA) is 94.5 Å². The fourth-order valence-corrected chi connectivity index (χ4v) is 4.27. The predicted octanol–water partition coefficient (Wildman–Crippen LogP) is 2.38. The first kappa shape index (κ1) is 20.3. The van der Waals surface area contributed by atoms with E-state index in [0.717, 1.165) is 18.7 Å². The van der Waals surface area contributed by atoms with E-state index in [4.69, 9.17) is 10.00 Å². The Hall–Kier alpha value is -1.98. The number of rotatable bonds is 7. The Balaban J connectivity index is 2.15. The minimum absolute atomic E-state index is 0.108. The predicted molar refractivity (Wildman–Crippen MR) is 101 cm³/mol. The highest BCUT2D eigenvalue weighted by Crippen LogP contribution is 2.28. The van der Waals surface area contributed by atoms with Crippen molar-refractivity contribution >= 4 is 15.7 Å². The lowest BCUT2D eigenvalue weighted by Gasteiger charge is -2.19. The van der Waals surface area contributed by atoms with Gasteiger partial charge in [-0.25, -0.2) is 13.1 Å². The second-order valence-electron chi connectivity index (χ2n) is 7.76. The van der Waals surface area contributed by atoms with Crippen LogP contribution >= 0.6 is 0 Å². The van der Waals surface area contributed by atoms with Crippen LogP contribution in [0.2, 0.25) is 0 Å². The van der Waals surface area contributed by atoms with Crippen molar-refractivity contribution in [3.63, 3.8) is 0 Å². The molecule has 0 aromatic heterocycles. The molecule has 0 saturated carbocycles. The molecule has 0 bridgehead atoms. The van der Waals surface area contributed by atoms with Gasteiger partial charge in [-0.3, -0.25) is 0 Å². The Kier molecular flexibility index (Phi) is 6.37. The molecular weight excluding hydrogens is 352 g/mol. The van der Waals surface area contributed by atoms with Crippen molar-refractivity contribution in [2.24, 2.45) is 5.41 Å². The van der Waals surface area contributed by atoms with Gasteiger partial charge >= 0.3 is 0 Å². The molecule has 0 radical (unpaired) electrons. The monoisotopic (exact) mass is 380 g/mol. The highest BCUT2D eigenvalue weighted by atomic mass is 32.2. The molecular formula is C18H28N4O3S. The Labute approximate surface area is 156 Å². The smallest absolute Gasteiger partial charge is 0.244 e. The Bertz CT molecular complexity index is 766. The second kappa shape index (κ2) is 8.14.